The van der Waals surface area contributed by atoms with E-state index in [1.54, 1.807) is 0 Å². The van der Waals surface area contributed by atoms with E-state index in [1.165, 1.54) is 24.0 Å². The Kier molecular flexibility index (Phi) is 4.59. The van der Waals surface area contributed by atoms with Gasteiger partial charge in [0.05, 0.1) is 5.60 Å². The number of likely N-dealkylation sites (tertiary alicyclic amines) is 1. The van der Waals surface area contributed by atoms with E-state index in [0.29, 0.717) is 18.3 Å². The second kappa shape index (κ2) is 6.73. The van der Waals surface area contributed by atoms with Gasteiger partial charge >= 0.3 is 0 Å². The van der Waals surface area contributed by atoms with Crippen molar-refractivity contribution >= 4 is 5.91 Å². The van der Waals surface area contributed by atoms with Crippen molar-refractivity contribution in [3.8, 4) is 0 Å². The summed E-state index contributed by atoms with van der Waals surface area (Å²) in [6, 6.07) is 8.45. The number of nitrogens with zero attached hydrogens (tertiary/aromatic N) is 2. The Balaban J connectivity index is 1.27. The highest BCUT2D eigenvalue weighted by molar-refractivity contribution is 5.76. The molecule has 2 aliphatic heterocycles. The molecular formula is C21H30N2O2. The van der Waals surface area contributed by atoms with Crippen LogP contribution in [0.25, 0.3) is 0 Å². The van der Waals surface area contributed by atoms with Gasteiger partial charge in [0.15, 0.2) is 0 Å². The first-order valence-electron chi connectivity index (χ1n) is 9.85. The summed E-state index contributed by atoms with van der Waals surface area (Å²) in [4.78, 5) is 17.0. The quantitative estimate of drug-likeness (QED) is 0.914. The van der Waals surface area contributed by atoms with E-state index in [0.717, 1.165) is 45.6 Å². The smallest absolute Gasteiger partial charge is 0.224 e. The highest BCUT2D eigenvalue weighted by Gasteiger charge is 2.49. The number of fused-ring (bicyclic) bond motifs is 1. The fraction of sp³-hybridized carbons (Fsp3) is 0.667. The van der Waals surface area contributed by atoms with Gasteiger partial charge in [0.1, 0.15) is 0 Å². The summed E-state index contributed by atoms with van der Waals surface area (Å²) in [6.07, 6.45) is 4.81. The molecule has 0 bridgehead atoms. The summed E-state index contributed by atoms with van der Waals surface area (Å²) in [5.74, 6) is 1.11. The molecule has 25 heavy (non-hydrogen) atoms. The van der Waals surface area contributed by atoms with Crippen LogP contribution in [0.5, 0.6) is 0 Å². The van der Waals surface area contributed by atoms with Gasteiger partial charge in [-0.2, -0.15) is 0 Å². The number of aliphatic hydroxyl groups is 1. The van der Waals surface area contributed by atoms with Crippen molar-refractivity contribution in [3.05, 3.63) is 35.4 Å². The Labute approximate surface area is 150 Å². The van der Waals surface area contributed by atoms with E-state index in [9.17, 15) is 9.90 Å². The third-order valence-electron chi connectivity index (χ3n) is 6.62. The lowest BCUT2D eigenvalue weighted by Crippen LogP contribution is -2.52. The van der Waals surface area contributed by atoms with Gasteiger partial charge < -0.3 is 14.9 Å². The first kappa shape index (κ1) is 17.0. The molecule has 1 saturated heterocycles. The fourth-order valence-corrected chi connectivity index (χ4v) is 4.73. The van der Waals surface area contributed by atoms with Crippen LogP contribution in [0.4, 0.5) is 0 Å². The maximum absolute atomic E-state index is 12.6. The predicted molar refractivity (Wildman–Crippen MR) is 98.1 cm³/mol. The summed E-state index contributed by atoms with van der Waals surface area (Å²) in [5, 5.41) is 10.9. The van der Waals surface area contributed by atoms with Crippen LogP contribution in [0, 0.1) is 11.8 Å². The molecule has 4 nitrogen and oxygen atoms in total. The maximum Gasteiger partial charge on any atom is 0.224 e. The average Bonchev–Trinajstić information content (AvgIpc) is 3.47. The third-order valence-corrected chi connectivity index (χ3v) is 6.62. The minimum absolute atomic E-state index is 0.269. The molecule has 1 amide bonds. The van der Waals surface area contributed by atoms with Gasteiger partial charge in [0, 0.05) is 39.1 Å². The number of carbonyl (C=O) groups is 1. The zero-order chi connectivity index (χ0) is 17.4. The highest BCUT2D eigenvalue weighted by Crippen LogP contribution is 2.47. The molecule has 136 valence electrons. The summed E-state index contributed by atoms with van der Waals surface area (Å²) >= 11 is 0. The maximum atomic E-state index is 12.6. The van der Waals surface area contributed by atoms with Crippen molar-refractivity contribution < 1.29 is 9.90 Å². The molecule has 2 heterocycles. The first-order valence-corrected chi connectivity index (χ1v) is 9.85. The topological polar surface area (TPSA) is 43.8 Å². The van der Waals surface area contributed by atoms with Crippen LogP contribution in [-0.4, -0.2) is 52.6 Å². The van der Waals surface area contributed by atoms with Crippen molar-refractivity contribution in [2.24, 2.45) is 11.8 Å². The molecule has 1 aliphatic carbocycles. The van der Waals surface area contributed by atoms with Crippen LogP contribution in [0.2, 0.25) is 0 Å². The van der Waals surface area contributed by atoms with Crippen molar-refractivity contribution in [3.63, 3.8) is 0 Å². The Bertz CT molecular complexity index is 643. The van der Waals surface area contributed by atoms with Gasteiger partial charge in [0.2, 0.25) is 5.91 Å². The molecule has 4 heteroatoms. The second-order valence-corrected chi connectivity index (χ2v) is 8.30. The van der Waals surface area contributed by atoms with Gasteiger partial charge in [-0.1, -0.05) is 31.2 Å². The molecule has 0 spiro atoms. The largest absolute Gasteiger partial charge is 0.389 e. The number of rotatable bonds is 4. The minimum atomic E-state index is -0.447. The predicted octanol–water partition coefficient (Wildman–Crippen LogP) is 2.44. The molecule has 0 unspecified atom stereocenters. The van der Waals surface area contributed by atoms with Gasteiger partial charge in [0.25, 0.3) is 0 Å². The van der Waals surface area contributed by atoms with Crippen LogP contribution in [-0.2, 0) is 17.8 Å². The molecule has 4 rings (SSSR count). The lowest BCUT2D eigenvalue weighted by Gasteiger charge is -2.44. The van der Waals surface area contributed by atoms with Crippen LogP contribution < -0.4 is 0 Å². The molecule has 2 atom stereocenters. The fourth-order valence-electron chi connectivity index (χ4n) is 4.73. The van der Waals surface area contributed by atoms with E-state index in [-0.39, 0.29) is 5.91 Å². The van der Waals surface area contributed by atoms with Crippen LogP contribution in [0.15, 0.2) is 24.3 Å². The number of hydrogen-bond donors (Lipinski definition) is 1. The molecule has 1 aromatic carbocycles. The molecular weight excluding hydrogens is 312 g/mol. The van der Waals surface area contributed by atoms with Crippen molar-refractivity contribution in [2.75, 3.05) is 26.2 Å². The highest BCUT2D eigenvalue weighted by atomic mass is 16.3. The number of hydrogen-bond acceptors (Lipinski definition) is 3. The SMILES string of the molecule is C[C@@H]1CN(CCC(=O)N2CCc3ccccc3C2)CC[C@@]1(O)C1CC1. The lowest BCUT2D eigenvalue weighted by atomic mass is 9.78. The van der Waals surface area contributed by atoms with Gasteiger partial charge in [-0.25, -0.2) is 0 Å². The Morgan fingerprint density at radius 2 is 2.00 bits per heavy atom. The molecule has 3 aliphatic rings. The van der Waals surface area contributed by atoms with E-state index in [1.807, 2.05) is 4.90 Å². The number of benzene rings is 1. The monoisotopic (exact) mass is 342 g/mol. The number of piperidine rings is 1. The Morgan fingerprint density at radius 1 is 1.24 bits per heavy atom. The second-order valence-electron chi connectivity index (χ2n) is 8.30. The normalized spacial score (nSPS) is 30.2. The molecule has 1 aromatic rings. The van der Waals surface area contributed by atoms with Gasteiger partial charge in [-0.05, 0) is 48.6 Å². The standard InChI is InChI=1S/C21H30N2O2/c1-16-14-22(13-10-21(16,25)19-6-7-19)11-9-20(24)23-12-8-17-4-2-3-5-18(17)15-23/h2-5,16,19,25H,6-15H2,1H3/t16-,21+/m1/s1. The molecule has 2 fully saturated rings. The summed E-state index contributed by atoms with van der Waals surface area (Å²) < 4.78 is 0. The van der Waals surface area contributed by atoms with Gasteiger partial charge in [-0.3, -0.25) is 4.79 Å². The molecule has 0 aromatic heterocycles. The zero-order valence-electron chi connectivity index (χ0n) is 15.3. The van der Waals surface area contributed by atoms with Crippen LogP contribution in [0.1, 0.15) is 43.7 Å². The lowest BCUT2D eigenvalue weighted by molar-refractivity contribution is -0.133. The molecule has 1 N–H and O–H groups in total. The average molecular weight is 342 g/mol. The minimum Gasteiger partial charge on any atom is -0.389 e. The van der Waals surface area contributed by atoms with Gasteiger partial charge in [-0.15, -0.1) is 0 Å². The number of amides is 1. The van der Waals surface area contributed by atoms with Crippen molar-refractivity contribution in [2.45, 2.75) is 51.2 Å². The summed E-state index contributed by atoms with van der Waals surface area (Å²) in [7, 11) is 0. The van der Waals surface area contributed by atoms with E-state index < -0.39 is 5.60 Å². The summed E-state index contributed by atoms with van der Waals surface area (Å²) in [5.41, 5.74) is 2.23. The van der Waals surface area contributed by atoms with Crippen LogP contribution in [0.3, 0.4) is 0 Å². The van der Waals surface area contributed by atoms with E-state index in [4.69, 9.17) is 0 Å². The summed E-state index contributed by atoms with van der Waals surface area (Å²) in [6.45, 7) is 6.44. The zero-order valence-corrected chi connectivity index (χ0v) is 15.3. The van der Waals surface area contributed by atoms with Crippen LogP contribution >= 0.6 is 0 Å². The van der Waals surface area contributed by atoms with E-state index in [2.05, 4.69) is 36.1 Å². The Morgan fingerprint density at radius 3 is 2.72 bits per heavy atom. The van der Waals surface area contributed by atoms with Crippen molar-refractivity contribution in [1.82, 2.24) is 9.80 Å². The Hall–Kier alpha value is -1.39. The van der Waals surface area contributed by atoms with E-state index >= 15 is 0 Å². The number of carbonyl (C=O) groups excluding carboxylic acids is 1. The van der Waals surface area contributed by atoms with Crippen molar-refractivity contribution in [1.29, 1.82) is 0 Å². The molecule has 0 radical (unpaired) electrons. The molecule has 1 saturated carbocycles. The third kappa shape index (κ3) is 3.47. The first-order chi connectivity index (χ1) is 12.1.